The van der Waals surface area contributed by atoms with E-state index in [1.807, 2.05) is 36.4 Å². The van der Waals surface area contributed by atoms with Crippen molar-refractivity contribution in [1.82, 2.24) is 10.3 Å². The molecule has 3 rings (SSSR count). The first-order chi connectivity index (χ1) is 10.7. The van der Waals surface area contributed by atoms with Crippen molar-refractivity contribution in [2.75, 3.05) is 6.54 Å². The third-order valence-electron chi connectivity index (χ3n) is 3.53. The molecule has 22 heavy (non-hydrogen) atoms. The van der Waals surface area contributed by atoms with E-state index in [1.54, 1.807) is 6.21 Å². The van der Waals surface area contributed by atoms with Gasteiger partial charge in [-0.2, -0.15) is 5.10 Å². The van der Waals surface area contributed by atoms with Crippen LogP contribution in [0.1, 0.15) is 16.7 Å². The van der Waals surface area contributed by atoms with E-state index in [0.29, 0.717) is 6.54 Å². The number of fused-ring (bicyclic) bond motifs is 1. The van der Waals surface area contributed by atoms with Crippen LogP contribution in [0.15, 0.2) is 58.1 Å². The lowest BCUT2D eigenvalue weighted by atomic mass is 10.1. The minimum Gasteiger partial charge on any atom is -0.286 e. The van der Waals surface area contributed by atoms with Crippen molar-refractivity contribution in [1.29, 1.82) is 0 Å². The zero-order valence-electron chi connectivity index (χ0n) is 12.0. The number of nitrogens with one attached hydrogen (secondary N) is 1. The first-order valence-corrected chi connectivity index (χ1v) is 7.86. The number of carbonyl (C=O) groups is 1. The standard InChI is InChI=1S/C17H16BrN3O/c18-16-7-3-4-13(8-16)9-19-20-17(22)12-21-10-14-5-1-2-6-15(14)11-21/h1-9H,10-12H2,(H,20,22)/b19-9-. The molecule has 5 heteroatoms. The average Bonchev–Trinajstić information content (AvgIpc) is 2.89. The normalized spacial score (nSPS) is 14.2. The van der Waals surface area contributed by atoms with Crippen LogP contribution in [0.5, 0.6) is 0 Å². The third kappa shape index (κ3) is 3.81. The highest BCUT2D eigenvalue weighted by molar-refractivity contribution is 9.10. The third-order valence-corrected chi connectivity index (χ3v) is 4.02. The number of hydrazone groups is 1. The van der Waals surface area contributed by atoms with Gasteiger partial charge in [0, 0.05) is 17.6 Å². The lowest BCUT2D eigenvalue weighted by Crippen LogP contribution is -2.32. The summed E-state index contributed by atoms with van der Waals surface area (Å²) in [6.07, 6.45) is 1.64. The van der Waals surface area contributed by atoms with Gasteiger partial charge in [0.25, 0.3) is 5.91 Å². The molecule has 0 unspecified atom stereocenters. The Morgan fingerprint density at radius 2 is 1.91 bits per heavy atom. The fourth-order valence-electron chi connectivity index (χ4n) is 2.52. The predicted octanol–water partition coefficient (Wildman–Crippen LogP) is 2.92. The van der Waals surface area contributed by atoms with Gasteiger partial charge < -0.3 is 0 Å². The van der Waals surface area contributed by atoms with Gasteiger partial charge in [-0.1, -0.05) is 52.3 Å². The van der Waals surface area contributed by atoms with Crippen molar-refractivity contribution < 1.29 is 4.79 Å². The van der Waals surface area contributed by atoms with E-state index < -0.39 is 0 Å². The van der Waals surface area contributed by atoms with Gasteiger partial charge in [-0.3, -0.25) is 9.69 Å². The molecule has 0 saturated carbocycles. The molecule has 0 atom stereocenters. The zero-order chi connectivity index (χ0) is 15.4. The number of halogens is 1. The van der Waals surface area contributed by atoms with Crippen molar-refractivity contribution >= 4 is 28.1 Å². The van der Waals surface area contributed by atoms with Crippen LogP contribution in [0.25, 0.3) is 0 Å². The Bertz CT molecular complexity index is 690. The molecule has 0 aliphatic carbocycles. The lowest BCUT2D eigenvalue weighted by Gasteiger charge is -2.12. The van der Waals surface area contributed by atoms with Gasteiger partial charge in [0.05, 0.1) is 12.8 Å². The quantitative estimate of drug-likeness (QED) is 0.675. The van der Waals surface area contributed by atoms with E-state index in [1.165, 1.54) is 11.1 Å². The molecule has 0 bridgehead atoms. The fraction of sp³-hybridized carbons (Fsp3) is 0.176. The smallest absolute Gasteiger partial charge is 0.254 e. The monoisotopic (exact) mass is 357 g/mol. The van der Waals surface area contributed by atoms with E-state index in [-0.39, 0.29) is 5.91 Å². The van der Waals surface area contributed by atoms with Gasteiger partial charge in [0.1, 0.15) is 0 Å². The van der Waals surface area contributed by atoms with E-state index >= 15 is 0 Å². The molecule has 1 aliphatic heterocycles. The highest BCUT2D eigenvalue weighted by Gasteiger charge is 2.19. The SMILES string of the molecule is O=C(CN1Cc2ccccc2C1)N/N=C\c1cccc(Br)c1. The Labute approximate surface area is 138 Å². The molecule has 0 fully saturated rings. The molecule has 0 saturated heterocycles. The Morgan fingerprint density at radius 3 is 2.59 bits per heavy atom. The summed E-state index contributed by atoms with van der Waals surface area (Å²) in [6, 6.07) is 16.0. The maximum absolute atomic E-state index is 11.9. The maximum atomic E-state index is 11.9. The van der Waals surface area contributed by atoms with E-state index in [2.05, 4.69) is 43.5 Å². The van der Waals surface area contributed by atoms with Crippen molar-refractivity contribution in [2.45, 2.75) is 13.1 Å². The summed E-state index contributed by atoms with van der Waals surface area (Å²) >= 11 is 3.40. The van der Waals surface area contributed by atoms with Crippen LogP contribution in [0, 0.1) is 0 Å². The zero-order valence-corrected chi connectivity index (χ0v) is 13.6. The number of rotatable bonds is 4. The second-order valence-corrected chi connectivity index (χ2v) is 6.18. The Kier molecular flexibility index (Phi) is 4.65. The van der Waals surface area contributed by atoms with Crippen molar-refractivity contribution in [2.24, 2.45) is 5.10 Å². The highest BCUT2D eigenvalue weighted by atomic mass is 79.9. The average molecular weight is 358 g/mol. The fourth-order valence-corrected chi connectivity index (χ4v) is 2.94. The summed E-state index contributed by atoms with van der Waals surface area (Å²) in [6.45, 7) is 1.99. The number of hydrogen-bond donors (Lipinski definition) is 1. The highest BCUT2D eigenvalue weighted by Crippen LogP contribution is 2.21. The van der Waals surface area contributed by atoms with Crippen LogP contribution < -0.4 is 5.43 Å². The van der Waals surface area contributed by atoms with Crippen molar-refractivity contribution in [3.8, 4) is 0 Å². The largest absolute Gasteiger partial charge is 0.286 e. The Balaban J connectivity index is 1.50. The van der Waals surface area contributed by atoms with Crippen molar-refractivity contribution in [3.63, 3.8) is 0 Å². The molecule has 112 valence electrons. The Hall–Kier alpha value is -1.98. The van der Waals surface area contributed by atoms with Gasteiger partial charge in [-0.05, 0) is 28.8 Å². The van der Waals surface area contributed by atoms with Gasteiger partial charge >= 0.3 is 0 Å². The summed E-state index contributed by atoms with van der Waals surface area (Å²) in [5.41, 5.74) is 6.11. The van der Waals surface area contributed by atoms with Crippen LogP contribution in [0.3, 0.4) is 0 Å². The first-order valence-electron chi connectivity index (χ1n) is 7.07. The van der Waals surface area contributed by atoms with Crippen LogP contribution in [-0.4, -0.2) is 23.6 Å². The number of hydrogen-bond acceptors (Lipinski definition) is 3. The van der Waals surface area contributed by atoms with Crippen LogP contribution >= 0.6 is 15.9 Å². The van der Waals surface area contributed by atoms with Crippen LogP contribution in [0.2, 0.25) is 0 Å². The molecule has 0 aromatic heterocycles. The molecular weight excluding hydrogens is 342 g/mol. The minimum absolute atomic E-state index is 0.0981. The molecule has 0 spiro atoms. The molecular formula is C17H16BrN3O. The number of amides is 1. The van der Waals surface area contributed by atoms with Gasteiger partial charge in [-0.25, -0.2) is 5.43 Å². The summed E-state index contributed by atoms with van der Waals surface area (Å²) in [7, 11) is 0. The summed E-state index contributed by atoms with van der Waals surface area (Å²) in [4.78, 5) is 14.0. The number of benzene rings is 2. The molecule has 1 amide bonds. The van der Waals surface area contributed by atoms with Gasteiger partial charge in [0.2, 0.25) is 0 Å². The first kappa shape index (κ1) is 14.9. The molecule has 1 N–H and O–H groups in total. The molecule has 1 heterocycles. The summed E-state index contributed by atoms with van der Waals surface area (Å²) in [5.74, 6) is -0.0981. The maximum Gasteiger partial charge on any atom is 0.254 e. The Morgan fingerprint density at radius 1 is 1.18 bits per heavy atom. The predicted molar refractivity (Wildman–Crippen MR) is 90.4 cm³/mol. The second-order valence-electron chi connectivity index (χ2n) is 5.26. The van der Waals surface area contributed by atoms with Crippen molar-refractivity contribution in [3.05, 3.63) is 69.7 Å². The van der Waals surface area contributed by atoms with E-state index in [4.69, 9.17) is 0 Å². The topological polar surface area (TPSA) is 44.7 Å². The number of carbonyl (C=O) groups excluding carboxylic acids is 1. The van der Waals surface area contributed by atoms with Crippen LogP contribution in [0.4, 0.5) is 0 Å². The number of nitrogens with zero attached hydrogens (tertiary/aromatic N) is 2. The van der Waals surface area contributed by atoms with E-state index in [0.717, 1.165) is 23.1 Å². The summed E-state index contributed by atoms with van der Waals surface area (Å²) < 4.78 is 0.984. The molecule has 2 aromatic rings. The van der Waals surface area contributed by atoms with Gasteiger partial charge in [0.15, 0.2) is 0 Å². The van der Waals surface area contributed by atoms with Crippen LogP contribution in [-0.2, 0) is 17.9 Å². The lowest BCUT2D eigenvalue weighted by molar-refractivity contribution is -0.122. The molecule has 4 nitrogen and oxygen atoms in total. The second kappa shape index (κ2) is 6.85. The molecule has 1 aliphatic rings. The van der Waals surface area contributed by atoms with E-state index in [9.17, 15) is 4.79 Å². The molecule has 0 radical (unpaired) electrons. The minimum atomic E-state index is -0.0981. The summed E-state index contributed by atoms with van der Waals surface area (Å²) in [5, 5.41) is 4.00. The molecule has 2 aromatic carbocycles. The van der Waals surface area contributed by atoms with Gasteiger partial charge in [-0.15, -0.1) is 0 Å².